The van der Waals surface area contributed by atoms with Gasteiger partial charge < -0.3 is 0 Å². The number of nitrogens with two attached hydrogens (primary N) is 1. The molecular formula is C10H10F2N4S. The van der Waals surface area contributed by atoms with Gasteiger partial charge in [0.25, 0.3) is 0 Å². The minimum absolute atomic E-state index is 0.208. The summed E-state index contributed by atoms with van der Waals surface area (Å²) in [4.78, 5) is 0.845. The van der Waals surface area contributed by atoms with Crippen molar-refractivity contribution in [2.75, 3.05) is 0 Å². The molecule has 3 N–H and O–H groups in total. The molecule has 0 amide bonds. The summed E-state index contributed by atoms with van der Waals surface area (Å²) >= 11 is 1.21. The van der Waals surface area contributed by atoms with Gasteiger partial charge in [-0.2, -0.15) is 0 Å². The molecule has 0 saturated heterocycles. The molecule has 90 valence electrons. The SMILES string of the molecule is NNC(Cc1ccc(F)c(F)c1)c1cnns1. The molecule has 1 aromatic carbocycles. The minimum atomic E-state index is -0.860. The van der Waals surface area contributed by atoms with Gasteiger partial charge in [-0.05, 0) is 35.6 Å². The van der Waals surface area contributed by atoms with E-state index < -0.39 is 11.6 Å². The van der Waals surface area contributed by atoms with Crippen molar-refractivity contribution in [3.63, 3.8) is 0 Å². The van der Waals surface area contributed by atoms with Gasteiger partial charge in [-0.3, -0.25) is 11.3 Å². The molecule has 0 bridgehead atoms. The Morgan fingerprint density at radius 2 is 2.18 bits per heavy atom. The van der Waals surface area contributed by atoms with Crippen LogP contribution in [0.2, 0.25) is 0 Å². The van der Waals surface area contributed by atoms with Gasteiger partial charge in [0.1, 0.15) is 0 Å². The van der Waals surface area contributed by atoms with E-state index in [2.05, 4.69) is 15.0 Å². The van der Waals surface area contributed by atoms with Crippen LogP contribution in [0.3, 0.4) is 0 Å². The van der Waals surface area contributed by atoms with Crippen LogP contribution in [0.4, 0.5) is 8.78 Å². The predicted molar refractivity (Wildman–Crippen MR) is 60.0 cm³/mol. The van der Waals surface area contributed by atoms with Crippen molar-refractivity contribution in [3.8, 4) is 0 Å². The van der Waals surface area contributed by atoms with Crippen LogP contribution in [0.25, 0.3) is 0 Å². The maximum Gasteiger partial charge on any atom is 0.159 e. The van der Waals surface area contributed by atoms with Crippen molar-refractivity contribution in [3.05, 3.63) is 46.5 Å². The number of benzene rings is 1. The Morgan fingerprint density at radius 1 is 1.35 bits per heavy atom. The van der Waals surface area contributed by atoms with Crippen LogP contribution in [-0.2, 0) is 6.42 Å². The first-order valence-corrected chi connectivity index (χ1v) is 5.65. The molecule has 0 fully saturated rings. The van der Waals surface area contributed by atoms with Gasteiger partial charge in [0, 0.05) is 0 Å². The molecule has 0 saturated carbocycles. The van der Waals surface area contributed by atoms with E-state index in [4.69, 9.17) is 5.84 Å². The number of hydrogen-bond acceptors (Lipinski definition) is 5. The van der Waals surface area contributed by atoms with E-state index in [1.165, 1.54) is 17.6 Å². The predicted octanol–water partition coefficient (Wildman–Crippen LogP) is 1.56. The molecule has 0 aliphatic rings. The third-order valence-corrected chi connectivity index (χ3v) is 3.12. The third-order valence-electron chi connectivity index (χ3n) is 2.35. The maximum atomic E-state index is 13.0. The van der Waals surface area contributed by atoms with Gasteiger partial charge >= 0.3 is 0 Å². The summed E-state index contributed by atoms with van der Waals surface area (Å²) < 4.78 is 29.5. The maximum absolute atomic E-state index is 13.0. The number of nitrogens with zero attached hydrogens (tertiary/aromatic N) is 2. The quantitative estimate of drug-likeness (QED) is 0.643. The number of halogens is 2. The highest BCUT2D eigenvalue weighted by molar-refractivity contribution is 7.05. The first kappa shape index (κ1) is 12.0. The van der Waals surface area contributed by atoms with E-state index in [0.29, 0.717) is 12.0 Å². The van der Waals surface area contributed by atoms with Crippen LogP contribution in [0.15, 0.2) is 24.4 Å². The fraction of sp³-hybridized carbons (Fsp3) is 0.200. The van der Waals surface area contributed by atoms with E-state index in [-0.39, 0.29) is 6.04 Å². The first-order valence-electron chi connectivity index (χ1n) is 4.88. The number of nitrogens with one attached hydrogen (secondary N) is 1. The van der Waals surface area contributed by atoms with Gasteiger partial charge in [0.15, 0.2) is 11.6 Å². The monoisotopic (exact) mass is 256 g/mol. The zero-order valence-electron chi connectivity index (χ0n) is 8.73. The minimum Gasteiger partial charge on any atom is -0.271 e. The lowest BCUT2D eigenvalue weighted by Crippen LogP contribution is -2.29. The molecule has 0 aliphatic heterocycles. The Hall–Kier alpha value is -1.44. The first-order chi connectivity index (χ1) is 8.20. The molecule has 0 spiro atoms. The fourth-order valence-corrected chi connectivity index (χ4v) is 2.03. The number of rotatable bonds is 4. The standard InChI is InChI=1S/C10H10F2N4S/c11-7-2-1-6(3-8(7)12)4-9(15-13)10-5-14-16-17-10/h1-3,5,9,15H,4,13H2. The van der Waals surface area contributed by atoms with E-state index >= 15 is 0 Å². The zero-order chi connectivity index (χ0) is 12.3. The van der Waals surface area contributed by atoms with Crippen LogP contribution in [0, 0.1) is 11.6 Å². The van der Waals surface area contributed by atoms with E-state index in [9.17, 15) is 8.78 Å². The summed E-state index contributed by atoms with van der Waals surface area (Å²) in [6.45, 7) is 0. The highest BCUT2D eigenvalue weighted by atomic mass is 32.1. The Bertz CT molecular complexity index is 489. The van der Waals surface area contributed by atoms with E-state index in [1.807, 2.05) is 0 Å². The Morgan fingerprint density at radius 3 is 2.76 bits per heavy atom. The van der Waals surface area contributed by atoms with Crippen molar-refractivity contribution >= 4 is 11.5 Å². The zero-order valence-corrected chi connectivity index (χ0v) is 9.55. The highest BCUT2D eigenvalue weighted by Crippen LogP contribution is 2.20. The lowest BCUT2D eigenvalue weighted by Gasteiger charge is -2.13. The second-order valence-electron chi connectivity index (χ2n) is 3.49. The Balaban J connectivity index is 2.16. The summed E-state index contributed by atoms with van der Waals surface area (Å²) in [6, 6.07) is 3.58. The molecule has 4 nitrogen and oxygen atoms in total. The Kier molecular flexibility index (Phi) is 3.72. The topological polar surface area (TPSA) is 63.8 Å². The van der Waals surface area contributed by atoms with Crippen molar-refractivity contribution in [1.29, 1.82) is 0 Å². The van der Waals surface area contributed by atoms with E-state index in [0.717, 1.165) is 17.0 Å². The lowest BCUT2D eigenvalue weighted by atomic mass is 10.1. The van der Waals surface area contributed by atoms with Gasteiger partial charge in [-0.15, -0.1) is 5.10 Å². The summed E-state index contributed by atoms with van der Waals surface area (Å²) in [7, 11) is 0. The van der Waals surface area contributed by atoms with Crippen molar-refractivity contribution in [1.82, 2.24) is 15.0 Å². The highest BCUT2D eigenvalue weighted by Gasteiger charge is 2.14. The molecule has 1 atom stereocenters. The average molecular weight is 256 g/mol. The second kappa shape index (κ2) is 5.26. The van der Waals surface area contributed by atoms with Gasteiger partial charge in [0.2, 0.25) is 0 Å². The summed E-state index contributed by atoms with van der Waals surface area (Å²) in [5.41, 5.74) is 3.25. The number of aromatic nitrogens is 2. The fourth-order valence-electron chi connectivity index (χ4n) is 1.47. The molecule has 1 aromatic heterocycles. The van der Waals surface area contributed by atoms with Gasteiger partial charge in [0.05, 0.1) is 17.1 Å². The third kappa shape index (κ3) is 2.82. The van der Waals surface area contributed by atoms with Gasteiger partial charge in [-0.25, -0.2) is 8.78 Å². The molecule has 7 heteroatoms. The Labute approximate surface area is 101 Å². The van der Waals surface area contributed by atoms with Crippen LogP contribution < -0.4 is 11.3 Å². The van der Waals surface area contributed by atoms with Crippen LogP contribution in [0.5, 0.6) is 0 Å². The molecule has 2 aromatic rings. The molecular weight excluding hydrogens is 246 g/mol. The molecule has 17 heavy (non-hydrogen) atoms. The molecule has 0 aliphatic carbocycles. The largest absolute Gasteiger partial charge is 0.271 e. The molecule has 1 unspecified atom stereocenters. The van der Waals surface area contributed by atoms with E-state index in [1.54, 1.807) is 6.20 Å². The van der Waals surface area contributed by atoms with Crippen LogP contribution in [0.1, 0.15) is 16.5 Å². The lowest BCUT2D eigenvalue weighted by molar-refractivity contribution is 0.503. The second-order valence-corrected chi connectivity index (χ2v) is 4.31. The van der Waals surface area contributed by atoms with Crippen LogP contribution in [-0.4, -0.2) is 9.59 Å². The summed E-state index contributed by atoms with van der Waals surface area (Å²) in [5.74, 6) is 3.70. The van der Waals surface area contributed by atoms with Crippen LogP contribution >= 0.6 is 11.5 Å². The normalized spacial score (nSPS) is 12.6. The smallest absolute Gasteiger partial charge is 0.159 e. The van der Waals surface area contributed by atoms with Crippen molar-refractivity contribution in [2.45, 2.75) is 12.5 Å². The molecule has 2 rings (SSSR count). The average Bonchev–Trinajstić information content (AvgIpc) is 2.84. The molecule has 1 heterocycles. The van der Waals surface area contributed by atoms with Crippen molar-refractivity contribution < 1.29 is 8.78 Å². The number of hydrazine groups is 1. The summed E-state index contributed by atoms with van der Waals surface area (Å²) in [5, 5.41) is 3.70. The molecule has 0 radical (unpaired) electrons. The number of hydrogen-bond donors (Lipinski definition) is 2. The van der Waals surface area contributed by atoms with Gasteiger partial charge in [-0.1, -0.05) is 10.6 Å². The summed E-state index contributed by atoms with van der Waals surface area (Å²) in [6.07, 6.45) is 2.03. The van der Waals surface area contributed by atoms with Crippen molar-refractivity contribution in [2.24, 2.45) is 5.84 Å².